The summed E-state index contributed by atoms with van der Waals surface area (Å²) in [6.07, 6.45) is 8.86. The Morgan fingerprint density at radius 3 is 2.87 bits per heavy atom. The minimum absolute atomic E-state index is 0.0285. The molecule has 6 nitrogen and oxygen atoms in total. The molecule has 1 aromatic heterocycles. The fraction of sp³-hybridized carbons (Fsp3) is 0.364. The van der Waals surface area contributed by atoms with Crippen molar-refractivity contribution in [1.82, 2.24) is 15.0 Å². The highest BCUT2D eigenvalue weighted by atomic mass is 35.5. The van der Waals surface area contributed by atoms with E-state index in [9.17, 15) is 13.2 Å². The summed E-state index contributed by atoms with van der Waals surface area (Å²) in [6, 6.07) is 7.35. The number of nitrogens with one attached hydrogen (secondary N) is 2. The summed E-state index contributed by atoms with van der Waals surface area (Å²) in [5, 5.41) is 6.75. The van der Waals surface area contributed by atoms with Crippen molar-refractivity contribution >= 4 is 39.7 Å². The molecule has 0 bridgehead atoms. The van der Waals surface area contributed by atoms with Gasteiger partial charge in [0.1, 0.15) is 5.01 Å². The highest BCUT2D eigenvalue weighted by molar-refractivity contribution is 7.70. The zero-order chi connectivity index (χ0) is 22.2. The van der Waals surface area contributed by atoms with Crippen LogP contribution in [0.2, 0.25) is 5.02 Å². The average Bonchev–Trinajstić information content (AvgIpc) is 3.22. The lowest BCUT2D eigenvalue weighted by Gasteiger charge is -2.22. The van der Waals surface area contributed by atoms with E-state index in [2.05, 4.69) is 21.9 Å². The van der Waals surface area contributed by atoms with E-state index in [0.29, 0.717) is 36.4 Å². The Bertz CT molecular complexity index is 1040. The van der Waals surface area contributed by atoms with Gasteiger partial charge in [-0.1, -0.05) is 42.8 Å². The fourth-order valence-corrected chi connectivity index (χ4v) is 4.97. The molecule has 0 radical (unpaired) electrons. The molecule has 0 spiro atoms. The third-order valence-corrected chi connectivity index (χ3v) is 6.73. The Morgan fingerprint density at radius 1 is 1.39 bits per heavy atom. The molecular formula is C22H26ClN3O3S2. The van der Waals surface area contributed by atoms with Crippen LogP contribution < -0.4 is 10.0 Å². The van der Waals surface area contributed by atoms with Crippen molar-refractivity contribution in [3.8, 4) is 0 Å². The summed E-state index contributed by atoms with van der Waals surface area (Å²) in [5.41, 5.74) is 2.62. The van der Waals surface area contributed by atoms with E-state index in [1.807, 2.05) is 41.8 Å². The first kappa shape index (κ1) is 23.5. The minimum Gasteiger partial charge on any atom is -0.347 e. The monoisotopic (exact) mass is 479 g/mol. The van der Waals surface area contributed by atoms with Gasteiger partial charge in [-0.2, -0.15) is 0 Å². The van der Waals surface area contributed by atoms with E-state index in [0.717, 1.165) is 22.7 Å². The summed E-state index contributed by atoms with van der Waals surface area (Å²) >= 11 is 7.59. The van der Waals surface area contributed by atoms with Crippen LogP contribution in [0.5, 0.6) is 0 Å². The maximum atomic E-state index is 12.7. The van der Waals surface area contributed by atoms with Crippen molar-refractivity contribution in [3.05, 3.63) is 74.9 Å². The number of hydrogen-bond acceptors (Lipinski definition) is 5. The van der Waals surface area contributed by atoms with Gasteiger partial charge in [-0.05, 0) is 55.4 Å². The standard InChI is InChI=1S/C22H26ClN3O3S2/c1-2-18-14-30-22(24-18)20(13-16-6-9-19(10-7-16)26-31(28)29)25-21(27)11-8-15-4-3-5-17(23)12-15/h3-6,9-10,12,14,16,20,31H,2,7-8,11,13H2,1H3,(H,25,27)(H,26,28,29)/t16?,20-/m0/s1. The largest absolute Gasteiger partial charge is 0.347 e. The molecule has 2 N–H and O–H groups in total. The van der Waals surface area contributed by atoms with Crippen LogP contribution in [0.15, 0.2) is 53.6 Å². The minimum atomic E-state index is -2.67. The molecular weight excluding hydrogens is 454 g/mol. The third-order valence-electron chi connectivity index (χ3n) is 5.04. The molecule has 1 amide bonds. The van der Waals surface area contributed by atoms with E-state index < -0.39 is 10.9 Å². The van der Waals surface area contributed by atoms with Crippen LogP contribution in [0.4, 0.5) is 0 Å². The number of carbonyl (C=O) groups is 1. The molecule has 3 rings (SSSR count). The average molecular weight is 480 g/mol. The molecule has 0 aliphatic heterocycles. The van der Waals surface area contributed by atoms with Crippen LogP contribution in [-0.4, -0.2) is 19.3 Å². The SMILES string of the molecule is CCc1csc([C@H](CC2C=CC(N[SH](=O)=O)=CC2)NC(=O)CCc2cccc(Cl)c2)n1. The molecule has 0 saturated carbocycles. The molecule has 31 heavy (non-hydrogen) atoms. The highest BCUT2D eigenvalue weighted by Gasteiger charge is 2.22. The van der Waals surface area contributed by atoms with Crippen LogP contribution >= 0.6 is 22.9 Å². The van der Waals surface area contributed by atoms with Crippen LogP contribution in [0.1, 0.15) is 48.5 Å². The zero-order valence-electron chi connectivity index (χ0n) is 17.2. The Morgan fingerprint density at radius 2 is 2.23 bits per heavy atom. The smallest absolute Gasteiger partial charge is 0.222 e. The first-order valence-electron chi connectivity index (χ1n) is 10.2. The Labute approximate surface area is 193 Å². The topological polar surface area (TPSA) is 88.2 Å². The van der Waals surface area contributed by atoms with E-state index in [1.165, 1.54) is 0 Å². The normalized spacial score (nSPS) is 16.7. The molecule has 2 atom stereocenters. The number of thiazole rings is 1. The van der Waals surface area contributed by atoms with Gasteiger partial charge in [0.25, 0.3) is 0 Å². The number of thiol groups is 1. The molecule has 2 aromatic rings. The van der Waals surface area contributed by atoms with E-state index in [1.54, 1.807) is 17.4 Å². The van der Waals surface area contributed by atoms with Gasteiger partial charge in [-0.15, -0.1) is 11.3 Å². The molecule has 1 unspecified atom stereocenters. The van der Waals surface area contributed by atoms with Gasteiger partial charge in [0.15, 0.2) is 0 Å². The van der Waals surface area contributed by atoms with Gasteiger partial charge in [0.2, 0.25) is 16.8 Å². The number of rotatable bonds is 10. The number of amides is 1. The summed E-state index contributed by atoms with van der Waals surface area (Å²) in [7, 11) is -2.67. The Balaban J connectivity index is 1.63. The molecule has 9 heteroatoms. The molecule has 1 aliphatic carbocycles. The Kier molecular flexibility index (Phi) is 8.69. The molecule has 0 fully saturated rings. The first-order valence-corrected chi connectivity index (χ1v) is 12.6. The predicted octanol–water partition coefficient (Wildman–Crippen LogP) is 4.12. The number of carbonyl (C=O) groups excluding carboxylic acids is 1. The van der Waals surface area contributed by atoms with Crippen molar-refractivity contribution in [2.45, 2.75) is 45.1 Å². The van der Waals surface area contributed by atoms with Gasteiger partial charge in [-0.3, -0.25) is 9.52 Å². The van der Waals surface area contributed by atoms with Crippen LogP contribution in [0, 0.1) is 5.92 Å². The van der Waals surface area contributed by atoms with Crippen LogP contribution in [0.25, 0.3) is 0 Å². The van der Waals surface area contributed by atoms with Crippen molar-refractivity contribution in [2.75, 3.05) is 0 Å². The van der Waals surface area contributed by atoms with E-state index >= 15 is 0 Å². The fourth-order valence-electron chi connectivity index (χ4n) is 3.41. The number of nitrogens with zero attached hydrogens (tertiary/aromatic N) is 1. The number of allylic oxidation sites excluding steroid dienone is 3. The maximum Gasteiger partial charge on any atom is 0.222 e. The number of aryl methyl sites for hydroxylation is 2. The van der Waals surface area contributed by atoms with Gasteiger partial charge in [0, 0.05) is 22.5 Å². The van der Waals surface area contributed by atoms with E-state index in [-0.39, 0.29) is 17.9 Å². The van der Waals surface area contributed by atoms with Gasteiger partial charge < -0.3 is 5.32 Å². The number of hydrogen-bond donors (Lipinski definition) is 3. The maximum absolute atomic E-state index is 12.7. The van der Waals surface area contributed by atoms with Crippen LogP contribution in [-0.2, 0) is 28.5 Å². The highest BCUT2D eigenvalue weighted by Crippen LogP contribution is 2.29. The molecule has 166 valence electrons. The molecule has 1 aliphatic rings. The van der Waals surface area contributed by atoms with Gasteiger partial charge in [0.05, 0.1) is 11.7 Å². The lowest BCUT2D eigenvalue weighted by atomic mass is 9.92. The molecule has 1 aromatic carbocycles. The van der Waals surface area contributed by atoms with Crippen molar-refractivity contribution in [3.63, 3.8) is 0 Å². The lowest BCUT2D eigenvalue weighted by Crippen LogP contribution is -2.30. The zero-order valence-corrected chi connectivity index (χ0v) is 19.7. The second-order valence-electron chi connectivity index (χ2n) is 7.40. The van der Waals surface area contributed by atoms with Crippen molar-refractivity contribution in [2.24, 2.45) is 5.92 Å². The lowest BCUT2D eigenvalue weighted by molar-refractivity contribution is -0.121. The number of benzene rings is 1. The quantitative estimate of drug-likeness (QED) is 0.447. The second-order valence-corrected chi connectivity index (χ2v) is 9.46. The summed E-state index contributed by atoms with van der Waals surface area (Å²) in [5.74, 6) is 0.154. The first-order chi connectivity index (χ1) is 14.9. The number of halogens is 1. The van der Waals surface area contributed by atoms with Gasteiger partial charge in [-0.25, -0.2) is 13.4 Å². The van der Waals surface area contributed by atoms with Crippen molar-refractivity contribution in [1.29, 1.82) is 0 Å². The summed E-state index contributed by atoms with van der Waals surface area (Å²) in [4.78, 5) is 17.4. The third kappa shape index (κ3) is 7.48. The van der Waals surface area contributed by atoms with E-state index in [4.69, 9.17) is 11.6 Å². The summed E-state index contributed by atoms with van der Waals surface area (Å²) in [6.45, 7) is 2.06. The predicted molar refractivity (Wildman–Crippen MR) is 126 cm³/mol. The second kappa shape index (κ2) is 11.5. The molecule has 0 saturated heterocycles. The van der Waals surface area contributed by atoms with Gasteiger partial charge >= 0.3 is 0 Å². The Hall–Kier alpha value is -2.16. The summed E-state index contributed by atoms with van der Waals surface area (Å²) < 4.78 is 24.1. The molecule has 1 heterocycles. The number of aromatic nitrogens is 1. The van der Waals surface area contributed by atoms with Crippen LogP contribution in [0.3, 0.4) is 0 Å². The van der Waals surface area contributed by atoms with Crippen molar-refractivity contribution < 1.29 is 13.2 Å².